The van der Waals surface area contributed by atoms with E-state index in [4.69, 9.17) is 16.1 Å². The number of nitrogens with zero attached hydrogens (tertiary/aromatic N) is 2. The second-order valence-corrected chi connectivity index (χ2v) is 6.63. The Balaban J connectivity index is 1.43. The van der Waals surface area contributed by atoms with E-state index >= 15 is 0 Å². The highest BCUT2D eigenvalue weighted by Crippen LogP contribution is 2.18. The molecule has 0 fully saturated rings. The van der Waals surface area contributed by atoms with Crippen LogP contribution >= 0.6 is 23.4 Å². The molecule has 1 aromatic heterocycles. The molecule has 1 heterocycles. The van der Waals surface area contributed by atoms with Gasteiger partial charge in [-0.05, 0) is 11.6 Å². The lowest BCUT2D eigenvalue weighted by molar-refractivity contribution is -0.118. The molecular formula is C18H16ClN3O2S. The molecule has 3 rings (SSSR count). The van der Waals surface area contributed by atoms with Gasteiger partial charge in [-0.15, -0.1) is 11.8 Å². The highest BCUT2D eigenvalue weighted by atomic mass is 35.5. The molecule has 5 nitrogen and oxygen atoms in total. The number of thioether (sulfide) groups is 1. The van der Waals surface area contributed by atoms with E-state index in [2.05, 4.69) is 15.5 Å². The smallest absolute Gasteiger partial charge is 0.236 e. The van der Waals surface area contributed by atoms with Crippen molar-refractivity contribution >= 4 is 29.3 Å². The minimum Gasteiger partial charge on any atom is -0.351 e. The van der Waals surface area contributed by atoms with Gasteiger partial charge in [-0.25, -0.2) is 0 Å². The van der Waals surface area contributed by atoms with Crippen LogP contribution in [0.1, 0.15) is 11.5 Å². The van der Waals surface area contributed by atoms with Crippen LogP contribution in [0.3, 0.4) is 0 Å². The molecule has 2 aromatic carbocycles. The van der Waals surface area contributed by atoms with Gasteiger partial charge < -0.3 is 9.84 Å². The summed E-state index contributed by atoms with van der Waals surface area (Å²) in [5.74, 6) is 1.79. The van der Waals surface area contributed by atoms with Crippen molar-refractivity contribution < 1.29 is 9.32 Å². The fourth-order valence-electron chi connectivity index (χ4n) is 2.14. The molecule has 0 spiro atoms. The number of carbonyl (C=O) groups is 1. The number of benzene rings is 2. The Labute approximate surface area is 154 Å². The number of aromatic nitrogens is 2. The Morgan fingerprint density at radius 3 is 2.68 bits per heavy atom. The maximum atomic E-state index is 11.9. The Hall–Kier alpha value is -2.31. The Morgan fingerprint density at radius 2 is 1.88 bits per heavy atom. The van der Waals surface area contributed by atoms with Crippen molar-refractivity contribution in [1.82, 2.24) is 15.5 Å². The maximum absolute atomic E-state index is 11.9. The predicted octanol–water partition coefficient (Wildman–Crippen LogP) is 3.94. The number of rotatable bonds is 7. The van der Waals surface area contributed by atoms with E-state index in [1.807, 2.05) is 48.5 Å². The fourth-order valence-corrected chi connectivity index (χ4v) is 3.02. The van der Waals surface area contributed by atoms with Gasteiger partial charge in [0, 0.05) is 17.1 Å². The third-order valence-electron chi connectivity index (χ3n) is 3.39. The average molecular weight is 374 g/mol. The van der Waals surface area contributed by atoms with Crippen molar-refractivity contribution in [3.8, 4) is 11.4 Å². The lowest BCUT2D eigenvalue weighted by atomic mass is 10.2. The number of nitrogens with one attached hydrogen (secondary N) is 1. The summed E-state index contributed by atoms with van der Waals surface area (Å²) in [6.45, 7) is 0.414. The zero-order chi connectivity index (χ0) is 17.5. The second kappa shape index (κ2) is 8.69. The van der Waals surface area contributed by atoms with Crippen LogP contribution in [-0.2, 0) is 17.1 Å². The predicted molar refractivity (Wildman–Crippen MR) is 99.2 cm³/mol. The van der Waals surface area contributed by atoms with Gasteiger partial charge in [-0.2, -0.15) is 4.98 Å². The molecule has 0 aliphatic carbocycles. The molecule has 0 saturated carbocycles. The molecule has 0 radical (unpaired) electrons. The Kier molecular flexibility index (Phi) is 6.09. The summed E-state index contributed by atoms with van der Waals surface area (Å²) >= 11 is 7.48. The summed E-state index contributed by atoms with van der Waals surface area (Å²) in [5.41, 5.74) is 1.80. The zero-order valence-corrected chi connectivity index (χ0v) is 14.9. The summed E-state index contributed by atoms with van der Waals surface area (Å²) in [7, 11) is 0. The van der Waals surface area contributed by atoms with Crippen molar-refractivity contribution in [3.63, 3.8) is 0 Å². The van der Waals surface area contributed by atoms with Gasteiger partial charge in [-0.1, -0.05) is 65.3 Å². The number of halogens is 1. The molecule has 0 aliphatic rings. The maximum Gasteiger partial charge on any atom is 0.236 e. The third-order valence-corrected chi connectivity index (χ3v) is 4.68. The van der Waals surface area contributed by atoms with Gasteiger partial charge in [0.1, 0.15) is 0 Å². The lowest BCUT2D eigenvalue weighted by Crippen LogP contribution is -2.24. The van der Waals surface area contributed by atoms with E-state index in [-0.39, 0.29) is 5.91 Å². The monoisotopic (exact) mass is 373 g/mol. The highest BCUT2D eigenvalue weighted by Gasteiger charge is 2.10. The van der Waals surface area contributed by atoms with E-state index in [0.29, 0.717) is 34.8 Å². The van der Waals surface area contributed by atoms with Crippen LogP contribution in [0.25, 0.3) is 11.4 Å². The topological polar surface area (TPSA) is 68.0 Å². The first kappa shape index (κ1) is 17.5. The van der Waals surface area contributed by atoms with Crippen LogP contribution in [0.15, 0.2) is 59.1 Å². The molecule has 0 saturated heterocycles. The Morgan fingerprint density at radius 1 is 1.12 bits per heavy atom. The van der Waals surface area contributed by atoms with Crippen LogP contribution < -0.4 is 5.32 Å². The molecule has 1 amide bonds. The quantitative estimate of drug-likeness (QED) is 0.679. The first-order valence-electron chi connectivity index (χ1n) is 7.68. The molecule has 128 valence electrons. The fraction of sp³-hybridized carbons (Fsp3) is 0.167. The van der Waals surface area contributed by atoms with Crippen molar-refractivity contribution in [2.45, 2.75) is 12.3 Å². The van der Waals surface area contributed by atoms with E-state index in [1.54, 1.807) is 6.07 Å². The first-order valence-corrected chi connectivity index (χ1v) is 9.21. The largest absolute Gasteiger partial charge is 0.351 e. The van der Waals surface area contributed by atoms with Crippen molar-refractivity contribution in [1.29, 1.82) is 0 Å². The number of hydrogen-bond donors (Lipinski definition) is 1. The van der Waals surface area contributed by atoms with Gasteiger partial charge in [0.2, 0.25) is 17.6 Å². The van der Waals surface area contributed by atoms with E-state index in [1.165, 1.54) is 11.8 Å². The normalized spacial score (nSPS) is 10.6. The number of amides is 1. The standard InChI is InChI=1S/C18H16ClN3O2S/c19-15-9-5-4-8-14(15)10-20-16(23)11-25-12-17-21-18(22-24-17)13-6-2-1-3-7-13/h1-9H,10-12H2,(H,20,23). The van der Waals surface area contributed by atoms with Crippen molar-refractivity contribution in [2.75, 3.05) is 5.75 Å². The minimum absolute atomic E-state index is 0.0623. The lowest BCUT2D eigenvalue weighted by Gasteiger charge is -2.06. The van der Waals surface area contributed by atoms with Gasteiger partial charge in [0.05, 0.1) is 11.5 Å². The highest BCUT2D eigenvalue weighted by molar-refractivity contribution is 7.99. The molecule has 3 aromatic rings. The minimum atomic E-state index is -0.0623. The summed E-state index contributed by atoms with van der Waals surface area (Å²) in [4.78, 5) is 16.2. The third kappa shape index (κ3) is 5.08. The molecule has 1 N–H and O–H groups in total. The summed E-state index contributed by atoms with van der Waals surface area (Å²) in [6.07, 6.45) is 0. The summed E-state index contributed by atoms with van der Waals surface area (Å²) in [6, 6.07) is 17.1. The summed E-state index contributed by atoms with van der Waals surface area (Å²) in [5, 5.41) is 7.45. The average Bonchev–Trinajstić information content (AvgIpc) is 3.11. The molecule has 7 heteroatoms. The first-order chi connectivity index (χ1) is 12.2. The molecule has 0 bridgehead atoms. The molecule has 0 atom stereocenters. The van der Waals surface area contributed by atoms with Crippen molar-refractivity contribution in [2.24, 2.45) is 0 Å². The van der Waals surface area contributed by atoms with Gasteiger partial charge >= 0.3 is 0 Å². The van der Waals surface area contributed by atoms with Crippen LogP contribution in [0.4, 0.5) is 0 Å². The second-order valence-electron chi connectivity index (χ2n) is 5.24. The molecule has 0 unspecified atom stereocenters. The zero-order valence-electron chi connectivity index (χ0n) is 13.3. The van der Waals surface area contributed by atoms with E-state index < -0.39 is 0 Å². The summed E-state index contributed by atoms with van der Waals surface area (Å²) < 4.78 is 5.21. The van der Waals surface area contributed by atoms with E-state index in [0.717, 1.165) is 11.1 Å². The molecule has 25 heavy (non-hydrogen) atoms. The van der Waals surface area contributed by atoms with Crippen LogP contribution in [0.2, 0.25) is 5.02 Å². The van der Waals surface area contributed by atoms with Crippen LogP contribution in [0.5, 0.6) is 0 Å². The SMILES string of the molecule is O=C(CSCc1nc(-c2ccccc2)no1)NCc1ccccc1Cl. The number of carbonyl (C=O) groups excluding carboxylic acids is 1. The van der Waals surface area contributed by atoms with Gasteiger partial charge in [-0.3, -0.25) is 4.79 Å². The van der Waals surface area contributed by atoms with Gasteiger partial charge in [0.25, 0.3) is 0 Å². The Bertz CT molecular complexity index is 839. The van der Waals surface area contributed by atoms with Crippen molar-refractivity contribution in [3.05, 3.63) is 71.1 Å². The number of hydrogen-bond acceptors (Lipinski definition) is 5. The van der Waals surface area contributed by atoms with Gasteiger partial charge in [0.15, 0.2) is 0 Å². The van der Waals surface area contributed by atoms with E-state index in [9.17, 15) is 4.79 Å². The van der Waals surface area contributed by atoms with Crippen LogP contribution in [-0.4, -0.2) is 21.8 Å². The molecular weight excluding hydrogens is 358 g/mol. The van der Waals surface area contributed by atoms with Crippen LogP contribution in [0, 0.1) is 0 Å². The molecule has 0 aliphatic heterocycles.